The number of amides is 3. The van der Waals surface area contributed by atoms with Crippen LogP contribution in [0.15, 0.2) is 24.3 Å². The molecule has 2 N–H and O–H groups in total. The molecule has 0 aromatic heterocycles. The molecule has 0 aliphatic rings. The Morgan fingerprint density at radius 1 is 1.05 bits per heavy atom. The van der Waals surface area contributed by atoms with Crippen molar-refractivity contribution in [1.29, 1.82) is 0 Å². The molecule has 2 unspecified atom stereocenters. The summed E-state index contributed by atoms with van der Waals surface area (Å²) >= 11 is 0. The van der Waals surface area contributed by atoms with Crippen LogP contribution in [0.2, 0.25) is 0 Å². The number of methoxy groups -OCH3 is 1. The second-order valence-corrected chi connectivity index (χ2v) is 10.1. The fourth-order valence-electron chi connectivity index (χ4n) is 3.87. The first kappa shape index (κ1) is 32.5. The van der Waals surface area contributed by atoms with E-state index >= 15 is 0 Å². The number of terminal acetylenes is 1. The maximum atomic E-state index is 13.8. The van der Waals surface area contributed by atoms with Gasteiger partial charge in [-0.05, 0) is 45.7 Å². The summed E-state index contributed by atoms with van der Waals surface area (Å²) in [6.45, 7) is 8.74. The number of nitrogens with one attached hydrogen (secondary N) is 2. The topological polar surface area (TPSA) is 114 Å². The van der Waals surface area contributed by atoms with Crippen molar-refractivity contribution in [1.82, 2.24) is 15.5 Å². The summed E-state index contributed by atoms with van der Waals surface area (Å²) in [7, 11) is 1.22. The van der Waals surface area contributed by atoms with Gasteiger partial charge in [0.1, 0.15) is 24.2 Å². The fraction of sp³-hybridized carbons (Fsp3) is 0.586. The summed E-state index contributed by atoms with van der Waals surface area (Å²) in [6.07, 6.45) is 10.8. The Morgan fingerprint density at radius 2 is 1.68 bits per heavy atom. The summed E-state index contributed by atoms with van der Waals surface area (Å²) in [5.74, 6) is 0.892. The van der Waals surface area contributed by atoms with Crippen molar-refractivity contribution >= 4 is 23.9 Å². The molecule has 3 amide bonds. The van der Waals surface area contributed by atoms with E-state index in [0.29, 0.717) is 17.5 Å². The van der Waals surface area contributed by atoms with Gasteiger partial charge in [0.2, 0.25) is 11.8 Å². The number of alkyl carbamates (subject to hydrolysis) is 1. The molecule has 1 aromatic rings. The summed E-state index contributed by atoms with van der Waals surface area (Å²) in [4.78, 5) is 52.8. The molecule has 2 atom stereocenters. The normalized spacial score (nSPS) is 12.4. The van der Waals surface area contributed by atoms with Gasteiger partial charge in [-0.25, -0.2) is 4.79 Å². The number of rotatable bonds is 14. The van der Waals surface area contributed by atoms with Crippen molar-refractivity contribution in [3.05, 3.63) is 35.4 Å². The highest BCUT2D eigenvalue weighted by Crippen LogP contribution is 2.26. The Balaban J connectivity index is 3.35. The third kappa shape index (κ3) is 11.2. The first-order valence-electron chi connectivity index (χ1n) is 13.1. The van der Waals surface area contributed by atoms with Crippen LogP contribution in [0.3, 0.4) is 0 Å². The number of esters is 1. The molecule has 0 saturated carbocycles. The van der Waals surface area contributed by atoms with Crippen molar-refractivity contribution in [2.45, 2.75) is 90.8 Å². The molecular formula is C29H43N3O6. The lowest BCUT2D eigenvalue weighted by Crippen LogP contribution is -2.52. The van der Waals surface area contributed by atoms with Gasteiger partial charge in [0.15, 0.2) is 0 Å². The number of carbonyl (C=O) groups excluding carboxylic acids is 4. The van der Waals surface area contributed by atoms with Crippen molar-refractivity contribution < 1.29 is 28.7 Å². The molecule has 0 radical (unpaired) electrons. The molecule has 0 bridgehead atoms. The number of carbonyl (C=O) groups is 4. The Bertz CT molecular complexity index is 979. The van der Waals surface area contributed by atoms with Crippen LogP contribution in [0, 0.1) is 12.3 Å². The maximum absolute atomic E-state index is 13.8. The van der Waals surface area contributed by atoms with E-state index in [2.05, 4.69) is 28.2 Å². The third-order valence-electron chi connectivity index (χ3n) is 5.74. The van der Waals surface area contributed by atoms with E-state index in [4.69, 9.17) is 11.2 Å². The van der Waals surface area contributed by atoms with Gasteiger partial charge in [0.25, 0.3) is 0 Å². The molecule has 1 aromatic carbocycles. The Morgan fingerprint density at radius 3 is 2.29 bits per heavy atom. The molecule has 210 valence electrons. The average Bonchev–Trinajstić information content (AvgIpc) is 2.86. The van der Waals surface area contributed by atoms with Gasteiger partial charge in [-0.2, -0.15) is 0 Å². The number of nitrogens with zero attached hydrogens (tertiary/aromatic N) is 1. The van der Waals surface area contributed by atoms with Crippen LogP contribution in [-0.2, 0) is 23.9 Å². The van der Waals surface area contributed by atoms with Gasteiger partial charge in [0.05, 0.1) is 7.11 Å². The molecule has 0 fully saturated rings. The van der Waals surface area contributed by atoms with Crippen molar-refractivity contribution in [3.8, 4) is 12.3 Å². The van der Waals surface area contributed by atoms with Crippen molar-refractivity contribution in [3.63, 3.8) is 0 Å². The minimum Gasteiger partial charge on any atom is -0.468 e. The largest absolute Gasteiger partial charge is 0.468 e. The lowest BCUT2D eigenvalue weighted by atomic mass is 9.97. The van der Waals surface area contributed by atoms with Crippen LogP contribution in [-0.4, -0.2) is 60.6 Å². The summed E-state index contributed by atoms with van der Waals surface area (Å²) < 4.78 is 9.95. The quantitative estimate of drug-likeness (QED) is 0.213. The second kappa shape index (κ2) is 16.3. The highest BCUT2D eigenvalue weighted by Gasteiger charge is 2.35. The maximum Gasteiger partial charge on any atom is 0.408 e. The zero-order valence-corrected chi connectivity index (χ0v) is 23.6. The lowest BCUT2D eigenvalue weighted by Gasteiger charge is -2.34. The summed E-state index contributed by atoms with van der Waals surface area (Å²) in [6, 6.07) is 4.73. The van der Waals surface area contributed by atoms with E-state index in [0.717, 1.165) is 32.1 Å². The molecule has 0 spiro atoms. The highest BCUT2D eigenvalue weighted by atomic mass is 16.6. The van der Waals surface area contributed by atoms with Crippen LogP contribution in [0.25, 0.3) is 0 Å². The van der Waals surface area contributed by atoms with Gasteiger partial charge in [-0.1, -0.05) is 63.1 Å². The number of benzene rings is 1. The number of ether oxygens (including phenoxy) is 2. The Hall–Kier alpha value is -3.54. The van der Waals surface area contributed by atoms with Crippen molar-refractivity contribution in [2.24, 2.45) is 0 Å². The predicted molar refractivity (Wildman–Crippen MR) is 146 cm³/mol. The smallest absolute Gasteiger partial charge is 0.408 e. The van der Waals surface area contributed by atoms with E-state index < -0.39 is 41.6 Å². The van der Waals surface area contributed by atoms with Crippen LogP contribution < -0.4 is 10.6 Å². The van der Waals surface area contributed by atoms with Crippen LogP contribution in [0.5, 0.6) is 0 Å². The fourth-order valence-corrected chi connectivity index (χ4v) is 3.87. The zero-order chi connectivity index (χ0) is 28.7. The standard InChI is InChI=1S/C29H43N3O6/c1-8-10-11-12-13-16-19-32(27(35)21(3)31-28(36)38-29(4,5)6)25(26(34)30-20-24(33)37-7)23-18-15-14-17-22(23)9-2/h2,14-15,17-18,21,25H,8,10-13,16,19-20H2,1,3-7H3,(H,30,34)(H,31,36). The molecule has 0 heterocycles. The minimum absolute atomic E-state index is 0.251. The van der Waals surface area contributed by atoms with Gasteiger partial charge < -0.3 is 25.0 Å². The SMILES string of the molecule is C#Cc1ccccc1C(C(=O)NCC(=O)OC)N(CCCCCCCC)C(=O)C(C)NC(=O)OC(C)(C)C. The van der Waals surface area contributed by atoms with Crippen LogP contribution >= 0.6 is 0 Å². The van der Waals surface area contributed by atoms with E-state index in [1.165, 1.54) is 18.9 Å². The van der Waals surface area contributed by atoms with Crippen LogP contribution in [0.4, 0.5) is 4.79 Å². The van der Waals surface area contributed by atoms with Crippen LogP contribution in [0.1, 0.15) is 90.3 Å². The Kier molecular flexibility index (Phi) is 14.0. The first-order chi connectivity index (χ1) is 17.9. The summed E-state index contributed by atoms with van der Waals surface area (Å²) in [5, 5.41) is 5.13. The number of hydrogen-bond donors (Lipinski definition) is 2. The molecule has 9 heteroatoms. The van der Waals surface area contributed by atoms with E-state index in [1.807, 2.05) is 0 Å². The van der Waals surface area contributed by atoms with E-state index in [-0.39, 0.29) is 13.1 Å². The number of hydrogen-bond acceptors (Lipinski definition) is 6. The van der Waals surface area contributed by atoms with E-state index in [9.17, 15) is 19.2 Å². The lowest BCUT2D eigenvalue weighted by molar-refractivity contribution is -0.144. The third-order valence-corrected chi connectivity index (χ3v) is 5.74. The van der Waals surface area contributed by atoms with Gasteiger partial charge in [-0.15, -0.1) is 6.42 Å². The molecule has 38 heavy (non-hydrogen) atoms. The molecule has 9 nitrogen and oxygen atoms in total. The zero-order valence-electron chi connectivity index (χ0n) is 23.6. The Labute approximate surface area is 227 Å². The van der Waals surface area contributed by atoms with Gasteiger partial charge in [-0.3, -0.25) is 14.4 Å². The highest BCUT2D eigenvalue weighted by molar-refractivity contribution is 5.93. The monoisotopic (exact) mass is 529 g/mol. The number of unbranched alkanes of at least 4 members (excludes halogenated alkanes) is 5. The van der Waals surface area contributed by atoms with Gasteiger partial charge in [0, 0.05) is 12.1 Å². The van der Waals surface area contributed by atoms with Gasteiger partial charge >= 0.3 is 12.1 Å². The van der Waals surface area contributed by atoms with E-state index in [1.54, 1.807) is 45.0 Å². The first-order valence-corrected chi connectivity index (χ1v) is 13.1. The minimum atomic E-state index is -1.13. The van der Waals surface area contributed by atoms with Crippen molar-refractivity contribution in [2.75, 3.05) is 20.2 Å². The molecular weight excluding hydrogens is 486 g/mol. The average molecular weight is 530 g/mol. The second-order valence-electron chi connectivity index (χ2n) is 10.1. The summed E-state index contributed by atoms with van der Waals surface area (Å²) in [5.41, 5.74) is 0.146. The predicted octanol–water partition coefficient (Wildman–Crippen LogP) is 4.10. The molecule has 0 aliphatic carbocycles. The molecule has 1 rings (SSSR count). The molecule has 0 aliphatic heterocycles. The molecule has 0 saturated heterocycles.